The Labute approximate surface area is 222 Å². The van der Waals surface area contributed by atoms with Crippen LogP contribution in [0.5, 0.6) is 0 Å². The zero-order valence-electron chi connectivity index (χ0n) is 22.6. The van der Waals surface area contributed by atoms with Crippen LogP contribution in [0.2, 0.25) is 0 Å². The Morgan fingerprint density at radius 3 is 2.37 bits per heavy atom. The summed E-state index contributed by atoms with van der Waals surface area (Å²) in [6.07, 6.45) is 0.784. The minimum absolute atomic E-state index is 0.0114. The number of amides is 4. The van der Waals surface area contributed by atoms with Crippen LogP contribution < -0.4 is 21.3 Å². The van der Waals surface area contributed by atoms with Gasteiger partial charge in [-0.1, -0.05) is 38.1 Å². The van der Waals surface area contributed by atoms with Crippen molar-refractivity contribution < 1.29 is 24.0 Å². The van der Waals surface area contributed by atoms with Crippen LogP contribution in [0, 0.1) is 11.8 Å². The largest absolute Gasteiger partial charge is 0.356 e. The fourth-order valence-electron chi connectivity index (χ4n) is 4.35. The number of benzene rings is 1. The second-order valence-corrected chi connectivity index (χ2v) is 11.2. The SMILES string of the molecule is CC(C)C[C@H](NC(=O)c1ccc2ccccc2n1)C(=O)N[C@@H](C[C@@H]1CCNC1=O)C(=O)C(=O)NC(C)(C)C. The highest BCUT2D eigenvalue weighted by Crippen LogP contribution is 2.18. The van der Waals surface area contributed by atoms with Gasteiger partial charge in [0.1, 0.15) is 11.7 Å². The van der Waals surface area contributed by atoms with Gasteiger partial charge in [-0.2, -0.15) is 0 Å². The maximum absolute atomic E-state index is 13.4. The number of carbonyl (C=O) groups is 5. The van der Waals surface area contributed by atoms with E-state index in [0.29, 0.717) is 24.9 Å². The summed E-state index contributed by atoms with van der Waals surface area (Å²) in [7, 11) is 0. The summed E-state index contributed by atoms with van der Waals surface area (Å²) in [6.45, 7) is 9.50. The van der Waals surface area contributed by atoms with Gasteiger partial charge in [0.2, 0.25) is 17.6 Å². The van der Waals surface area contributed by atoms with E-state index in [1.165, 1.54) is 0 Å². The molecule has 0 spiro atoms. The van der Waals surface area contributed by atoms with Crippen molar-refractivity contribution in [2.75, 3.05) is 6.54 Å². The number of carbonyl (C=O) groups excluding carboxylic acids is 5. The van der Waals surface area contributed by atoms with Crippen LogP contribution in [0.15, 0.2) is 36.4 Å². The van der Waals surface area contributed by atoms with Crippen LogP contribution in [0.1, 0.15) is 64.4 Å². The molecule has 2 heterocycles. The first-order chi connectivity index (χ1) is 17.8. The first-order valence-corrected chi connectivity index (χ1v) is 12.9. The van der Waals surface area contributed by atoms with Gasteiger partial charge in [0.15, 0.2) is 0 Å². The molecule has 1 aliphatic heterocycles. The van der Waals surface area contributed by atoms with Crippen LogP contribution in [-0.4, -0.2) is 58.6 Å². The van der Waals surface area contributed by atoms with Crippen molar-refractivity contribution in [2.45, 2.75) is 71.5 Å². The molecule has 3 rings (SSSR count). The van der Waals surface area contributed by atoms with E-state index < -0.39 is 47.0 Å². The van der Waals surface area contributed by atoms with E-state index in [1.807, 2.05) is 32.0 Å². The number of rotatable bonds is 10. The van der Waals surface area contributed by atoms with E-state index in [1.54, 1.807) is 39.0 Å². The van der Waals surface area contributed by atoms with E-state index in [0.717, 1.165) is 5.39 Å². The highest BCUT2D eigenvalue weighted by molar-refractivity contribution is 6.38. The van der Waals surface area contributed by atoms with Crippen molar-refractivity contribution >= 4 is 40.3 Å². The van der Waals surface area contributed by atoms with Gasteiger partial charge in [-0.05, 0) is 58.1 Å². The number of nitrogens with one attached hydrogen (secondary N) is 4. The molecule has 0 aliphatic carbocycles. The van der Waals surface area contributed by atoms with Crippen LogP contribution in [0.3, 0.4) is 0 Å². The Morgan fingerprint density at radius 2 is 1.74 bits per heavy atom. The number of hydrogen-bond donors (Lipinski definition) is 4. The van der Waals surface area contributed by atoms with E-state index in [2.05, 4.69) is 26.3 Å². The van der Waals surface area contributed by atoms with Crippen LogP contribution in [0.4, 0.5) is 0 Å². The quantitative estimate of drug-likeness (QED) is 0.350. The Kier molecular flexibility index (Phi) is 9.19. The first-order valence-electron chi connectivity index (χ1n) is 12.9. The molecule has 0 saturated carbocycles. The molecule has 10 heteroatoms. The van der Waals surface area contributed by atoms with Gasteiger partial charge in [-0.15, -0.1) is 0 Å². The summed E-state index contributed by atoms with van der Waals surface area (Å²) in [6, 6.07) is 8.55. The molecule has 204 valence electrons. The van der Waals surface area contributed by atoms with Crippen molar-refractivity contribution in [3.63, 3.8) is 0 Å². The average Bonchev–Trinajstić information content (AvgIpc) is 3.25. The lowest BCUT2D eigenvalue weighted by molar-refractivity contribution is -0.141. The summed E-state index contributed by atoms with van der Waals surface area (Å²) < 4.78 is 0. The second kappa shape index (κ2) is 12.1. The molecule has 4 amide bonds. The summed E-state index contributed by atoms with van der Waals surface area (Å²) >= 11 is 0. The zero-order valence-corrected chi connectivity index (χ0v) is 22.6. The highest BCUT2D eigenvalue weighted by Gasteiger charge is 2.36. The fraction of sp³-hybridized carbons (Fsp3) is 0.500. The second-order valence-electron chi connectivity index (χ2n) is 11.2. The van der Waals surface area contributed by atoms with Crippen LogP contribution in [0.25, 0.3) is 10.9 Å². The molecule has 2 aromatic rings. The minimum atomic E-state index is -1.22. The van der Waals surface area contributed by atoms with Crippen molar-refractivity contribution in [1.82, 2.24) is 26.3 Å². The molecule has 1 fully saturated rings. The number of para-hydroxylation sites is 1. The van der Waals surface area contributed by atoms with E-state index in [4.69, 9.17) is 0 Å². The molecule has 0 unspecified atom stereocenters. The van der Waals surface area contributed by atoms with Gasteiger partial charge >= 0.3 is 0 Å². The Balaban J connectivity index is 1.79. The predicted octanol–water partition coefficient (Wildman–Crippen LogP) is 1.87. The monoisotopic (exact) mass is 523 g/mol. The molecule has 0 bridgehead atoms. The van der Waals surface area contributed by atoms with Crippen molar-refractivity contribution in [1.29, 1.82) is 0 Å². The van der Waals surface area contributed by atoms with Gasteiger partial charge in [-0.25, -0.2) is 4.98 Å². The topological polar surface area (TPSA) is 146 Å². The third-order valence-corrected chi connectivity index (χ3v) is 6.19. The van der Waals surface area contributed by atoms with Gasteiger partial charge < -0.3 is 21.3 Å². The number of ketones is 1. The molecule has 0 radical (unpaired) electrons. The Hall–Kier alpha value is -3.82. The van der Waals surface area contributed by atoms with Crippen molar-refractivity contribution in [2.24, 2.45) is 11.8 Å². The minimum Gasteiger partial charge on any atom is -0.356 e. The molecule has 38 heavy (non-hydrogen) atoms. The Bertz CT molecular complexity index is 1220. The third-order valence-electron chi connectivity index (χ3n) is 6.19. The predicted molar refractivity (Wildman–Crippen MR) is 143 cm³/mol. The van der Waals surface area contributed by atoms with E-state index in [9.17, 15) is 24.0 Å². The van der Waals surface area contributed by atoms with Gasteiger partial charge in [-0.3, -0.25) is 24.0 Å². The number of pyridine rings is 1. The lowest BCUT2D eigenvalue weighted by Crippen LogP contribution is -2.56. The molecule has 1 aromatic carbocycles. The summed E-state index contributed by atoms with van der Waals surface area (Å²) in [5, 5.41) is 11.6. The van der Waals surface area contributed by atoms with Crippen molar-refractivity contribution in [3.8, 4) is 0 Å². The Morgan fingerprint density at radius 1 is 1.03 bits per heavy atom. The molecular formula is C28H37N5O5. The lowest BCUT2D eigenvalue weighted by atomic mass is 9.94. The number of Topliss-reactive ketones (excluding diaryl/α,β-unsaturated/α-hetero) is 1. The third kappa shape index (κ3) is 7.84. The summed E-state index contributed by atoms with van der Waals surface area (Å²) in [4.78, 5) is 68.8. The number of fused-ring (bicyclic) bond motifs is 1. The zero-order chi connectivity index (χ0) is 28.0. The maximum atomic E-state index is 13.4. The number of nitrogens with zero attached hydrogens (tertiary/aromatic N) is 1. The standard InChI is InChI=1S/C28H37N5O5/c1-16(2)14-22(32-25(36)20-11-10-17-8-6-7-9-19(17)30-20)26(37)31-21(15-18-12-13-29-24(18)35)23(34)27(38)33-28(3,4)5/h6-11,16,18,21-22H,12-15H2,1-5H3,(H,29,35)(H,31,37)(H,32,36)(H,33,38)/t18-,21-,22-/m0/s1. The molecule has 1 aliphatic rings. The lowest BCUT2D eigenvalue weighted by Gasteiger charge is -2.26. The molecule has 1 saturated heterocycles. The van der Waals surface area contributed by atoms with Gasteiger partial charge in [0, 0.05) is 23.4 Å². The van der Waals surface area contributed by atoms with E-state index in [-0.39, 0.29) is 23.9 Å². The fourth-order valence-corrected chi connectivity index (χ4v) is 4.35. The summed E-state index contributed by atoms with van der Waals surface area (Å²) in [5.74, 6) is -3.50. The normalized spacial score (nSPS) is 17.0. The average molecular weight is 524 g/mol. The van der Waals surface area contributed by atoms with Gasteiger partial charge in [0.05, 0.1) is 11.6 Å². The summed E-state index contributed by atoms with van der Waals surface area (Å²) in [5.41, 5.74) is 0.146. The van der Waals surface area contributed by atoms with Crippen molar-refractivity contribution in [3.05, 3.63) is 42.1 Å². The molecule has 1 aromatic heterocycles. The molecule has 4 N–H and O–H groups in total. The molecular weight excluding hydrogens is 486 g/mol. The first kappa shape index (κ1) is 28.7. The van der Waals surface area contributed by atoms with Crippen LogP contribution in [-0.2, 0) is 19.2 Å². The number of hydrogen-bond acceptors (Lipinski definition) is 6. The molecule has 3 atom stereocenters. The molecule has 10 nitrogen and oxygen atoms in total. The highest BCUT2D eigenvalue weighted by atomic mass is 16.2. The van der Waals surface area contributed by atoms with Gasteiger partial charge in [0.25, 0.3) is 11.8 Å². The smallest absolute Gasteiger partial charge is 0.290 e. The maximum Gasteiger partial charge on any atom is 0.290 e. The van der Waals surface area contributed by atoms with E-state index >= 15 is 0 Å². The van der Waals surface area contributed by atoms with Crippen LogP contribution >= 0.6 is 0 Å². The number of aromatic nitrogens is 1.